The van der Waals surface area contributed by atoms with Crippen molar-refractivity contribution in [3.05, 3.63) is 65.9 Å². The van der Waals surface area contributed by atoms with E-state index in [1.807, 2.05) is 29.6 Å². The van der Waals surface area contributed by atoms with Gasteiger partial charge in [-0.05, 0) is 62.4 Å². The van der Waals surface area contributed by atoms with E-state index in [4.69, 9.17) is 4.74 Å². The molecule has 0 saturated heterocycles. The summed E-state index contributed by atoms with van der Waals surface area (Å²) in [6.07, 6.45) is 1.75. The average molecular weight is 356 g/mol. The number of amides is 1. The number of thiazole rings is 1. The Hall–Kier alpha value is -2.73. The van der Waals surface area contributed by atoms with Crippen LogP contribution in [-0.4, -0.2) is 16.5 Å². The zero-order valence-corrected chi connectivity index (χ0v) is 14.6. The minimum Gasteiger partial charge on any atom is -0.478 e. The molecule has 0 atom stereocenters. The van der Waals surface area contributed by atoms with Crippen molar-refractivity contribution in [1.29, 1.82) is 0 Å². The second-order valence-electron chi connectivity index (χ2n) is 5.94. The average Bonchev–Trinajstić information content (AvgIpc) is 3.12. The van der Waals surface area contributed by atoms with Crippen LogP contribution in [-0.2, 0) is 4.79 Å². The Bertz CT molecular complexity index is 844. The molecular formula is C19H17FN2O2S. The van der Waals surface area contributed by atoms with Crippen molar-refractivity contribution >= 4 is 22.9 Å². The molecule has 0 bridgehead atoms. The Morgan fingerprint density at radius 2 is 1.80 bits per heavy atom. The third-order valence-electron chi connectivity index (χ3n) is 3.56. The minimum absolute atomic E-state index is 0.293. The Labute approximate surface area is 149 Å². The number of ether oxygens (including phenoxy) is 1. The smallest absolute Gasteiger partial charge is 0.267 e. The van der Waals surface area contributed by atoms with Crippen LogP contribution in [0.2, 0.25) is 0 Å². The second kappa shape index (κ2) is 7.03. The van der Waals surface area contributed by atoms with E-state index in [9.17, 15) is 9.18 Å². The molecule has 0 unspecified atom stereocenters. The van der Waals surface area contributed by atoms with Crippen molar-refractivity contribution in [1.82, 2.24) is 4.98 Å². The van der Waals surface area contributed by atoms with Gasteiger partial charge in [-0.3, -0.25) is 4.79 Å². The van der Waals surface area contributed by atoms with Crippen molar-refractivity contribution in [2.45, 2.75) is 19.4 Å². The Morgan fingerprint density at radius 1 is 1.12 bits per heavy atom. The number of carbonyl (C=O) groups excluding carboxylic acids is 1. The monoisotopic (exact) mass is 356 g/mol. The fourth-order valence-corrected chi connectivity index (χ4v) is 2.83. The van der Waals surface area contributed by atoms with Crippen LogP contribution in [0, 0.1) is 5.82 Å². The Balaban J connectivity index is 1.67. The van der Waals surface area contributed by atoms with Gasteiger partial charge in [0.2, 0.25) is 0 Å². The molecule has 0 aliphatic rings. The molecule has 1 amide bonds. The lowest BCUT2D eigenvalue weighted by molar-refractivity contribution is -0.128. The minimum atomic E-state index is -1.11. The SMILES string of the molecule is CC(C)(Oc1ccc(F)cc1)C(=O)Nc1ccc(-c2nccs2)cc1. The lowest BCUT2D eigenvalue weighted by atomic mass is 10.1. The summed E-state index contributed by atoms with van der Waals surface area (Å²) in [5, 5.41) is 5.68. The Kier molecular flexibility index (Phi) is 4.81. The van der Waals surface area contributed by atoms with Crippen LogP contribution in [0.25, 0.3) is 10.6 Å². The summed E-state index contributed by atoms with van der Waals surface area (Å²) in [6.45, 7) is 3.32. The maximum Gasteiger partial charge on any atom is 0.267 e. The van der Waals surface area contributed by atoms with Crippen LogP contribution in [0.5, 0.6) is 5.75 Å². The molecule has 0 spiro atoms. The van der Waals surface area contributed by atoms with Gasteiger partial charge in [0.05, 0.1) is 0 Å². The van der Waals surface area contributed by atoms with Gasteiger partial charge in [-0.25, -0.2) is 9.37 Å². The molecule has 6 heteroatoms. The van der Waals surface area contributed by atoms with Crippen LogP contribution in [0.15, 0.2) is 60.1 Å². The van der Waals surface area contributed by atoms with Gasteiger partial charge in [-0.15, -0.1) is 11.3 Å². The molecule has 1 aromatic heterocycles. The van der Waals surface area contributed by atoms with Crippen molar-refractivity contribution in [2.24, 2.45) is 0 Å². The highest BCUT2D eigenvalue weighted by molar-refractivity contribution is 7.13. The summed E-state index contributed by atoms with van der Waals surface area (Å²) >= 11 is 1.56. The van der Waals surface area contributed by atoms with Gasteiger partial charge in [-0.2, -0.15) is 0 Å². The second-order valence-corrected chi connectivity index (χ2v) is 6.83. The standard InChI is InChI=1S/C19H17FN2O2S/c1-19(2,24-16-9-5-14(20)6-10-16)18(23)22-15-7-3-13(4-8-15)17-21-11-12-25-17/h3-12H,1-2H3,(H,22,23). The molecule has 4 nitrogen and oxygen atoms in total. The number of benzene rings is 2. The molecule has 1 heterocycles. The predicted molar refractivity (Wildman–Crippen MR) is 97.3 cm³/mol. The van der Waals surface area contributed by atoms with Crippen LogP contribution >= 0.6 is 11.3 Å². The zero-order chi connectivity index (χ0) is 17.9. The highest BCUT2D eigenvalue weighted by atomic mass is 32.1. The van der Waals surface area contributed by atoms with E-state index in [1.54, 1.807) is 31.4 Å². The normalized spacial score (nSPS) is 11.2. The fraction of sp³-hybridized carbons (Fsp3) is 0.158. The van der Waals surface area contributed by atoms with Gasteiger partial charge in [0.1, 0.15) is 16.6 Å². The molecule has 3 aromatic rings. The highest BCUT2D eigenvalue weighted by Gasteiger charge is 2.30. The number of hydrogen-bond acceptors (Lipinski definition) is 4. The summed E-state index contributed by atoms with van der Waals surface area (Å²) in [4.78, 5) is 16.8. The molecule has 0 radical (unpaired) electrons. The number of aromatic nitrogens is 1. The van der Waals surface area contributed by atoms with E-state index in [0.29, 0.717) is 11.4 Å². The molecule has 0 fully saturated rings. The molecule has 128 valence electrons. The van der Waals surface area contributed by atoms with Crippen molar-refractivity contribution in [2.75, 3.05) is 5.32 Å². The third kappa shape index (κ3) is 4.22. The van der Waals surface area contributed by atoms with Crippen molar-refractivity contribution < 1.29 is 13.9 Å². The third-order valence-corrected chi connectivity index (χ3v) is 4.38. The van der Waals surface area contributed by atoms with Crippen molar-refractivity contribution in [3.63, 3.8) is 0 Å². The van der Waals surface area contributed by atoms with Crippen LogP contribution in [0.4, 0.5) is 10.1 Å². The molecule has 0 saturated carbocycles. The number of nitrogens with one attached hydrogen (secondary N) is 1. The lowest BCUT2D eigenvalue weighted by Gasteiger charge is -2.25. The first-order valence-corrected chi connectivity index (χ1v) is 8.58. The predicted octanol–water partition coefficient (Wildman–Crippen LogP) is 4.75. The summed E-state index contributed by atoms with van der Waals surface area (Å²) < 4.78 is 18.6. The van der Waals surface area contributed by atoms with E-state index >= 15 is 0 Å². The van der Waals surface area contributed by atoms with Crippen LogP contribution in [0.1, 0.15) is 13.8 Å². The summed E-state index contributed by atoms with van der Waals surface area (Å²) in [5.41, 5.74) is 0.558. The van der Waals surface area contributed by atoms with E-state index in [-0.39, 0.29) is 11.7 Å². The summed E-state index contributed by atoms with van der Waals surface area (Å²) in [5.74, 6) is -0.214. The van der Waals surface area contributed by atoms with Crippen molar-refractivity contribution in [3.8, 4) is 16.3 Å². The first kappa shape index (κ1) is 17.1. The zero-order valence-electron chi connectivity index (χ0n) is 13.8. The largest absolute Gasteiger partial charge is 0.478 e. The van der Waals surface area contributed by atoms with Gasteiger partial charge in [0.25, 0.3) is 5.91 Å². The van der Waals surface area contributed by atoms with Gasteiger partial charge in [0, 0.05) is 22.8 Å². The molecule has 2 aromatic carbocycles. The maximum atomic E-state index is 13.0. The number of anilines is 1. The van der Waals surface area contributed by atoms with E-state index < -0.39 is 5.60 Å². The van der Waals surface area contributed by atoms with E-state index in [0.717, 1.165) is 10.6 Å². The molecule has 0 aliphatic heterocycles. The van der Waals surface area contributed by atoms with Gasteiger partial charge in [0.15, 0.2) is 5.60 Å². The van der Waals surface area contributed by atoms with Gasteiger partial charge < -0.3 is 10.1 Å². The Morgan fingerprint density at radius 3 is 2.40 bits per heavy atom. The molecule has 0 aliphatic carbocycles. The van der Waals surface area contributed by atoms with Crippen LogP contribution in [0.3, 0.4) is 0 Å². The first-order chi connectivity index (χ1) is 11.9. The van der Waals surface area contributed by atoms with Crippen LogP contribution < -0.4 is 10.1 Å². The summed E-state index contributed by atoms with van der Waals surface area (Å²) in [6, 6.07) is 13.0. The fourth-order valence-electron chi connectivity index (χ4n) is 2.19. The molecule has 1 N–H and O–H groups in total. The number of rotatable bonds is 5. The van der Waals surface area contributed by atoms with Gasteiger partial charge >= 0.3 is 0 Å². The quantitative estimate of drug-likeness (QED) is 0.718. The van der Waals surface area contributed by atoms with E-state index in [1.165, 1.54) is 24.3 Å². The number of nitrogens with zero attached hydrogens (tertiary/aromatic N) is 1. The topological polar surface area (TPSA) is 51.2 Å². The number of halogens is 1. The molecule has 3 rings (SSSR count). The molecular weight excluding hydrogens is 339 g/mol. The first-order valence-electron chi connectivity index (χ1n) is 7.70. The number of carbonyl (C=O) groups is 1. The highest BCUT2D eigenvalue weighted by Crippen LogP contribution is 2.24. The van der Waals surface area contributed by atoms with Gasteiger partial charge in [-0.1, -0.05) is 0 Å². The number of hydrogen-bond donors (Lipinski definition) is 1. The summed E-state index contributed by atoms with van der Waals surface area (Å²) in [7, 11) is 0. The maximum absolute atomic E-state index is 13.0. The lowest BCUT2D eigenvalue weighted by Crippen LogP contribution is -2.42. The van der Waals surface area contributed by atoms with E-state index in [2.05, 4.69) is 10.3 Å². The molecule has 25 heavy (non-hydrogen) atoms.